The van der Waals surface area contributed by atoms with E-state index in [-0.39, 0.29) is 12.7 Å². The van der Waals surface area contributed by atoms with Crippen LogP contribution in [-0.4, -0.2) is 82.8 Å². The van der Waals surface area contributed by atoms with Gasteiger partial charge in [0.05, 0.1) is 19.8 Å². The Labute approximate surface area is 116 Å². The summed E-state index contributed by atoms with van der Waals surface area (Å²) in [5.41, 5.74) is 0. The van der Waals surface area contributed by atoms with Crippen molar-refractivity contribution >= 4 is 0 Å². The maximum absolute atomic E-state index is 9.78. The second kappa shape index (κ2) is 6.20. The highest BCUT2D eigenvalue weighted by atomic mass is 16.8. The molecule has 6 atom stereocenters. The van der Waals surface area contributed by atoms with Crippen LogP contribution in [0.4, 0.5) is 0 Å². The SMILES string of the molecule is CC1(C)OCC(CO[C@@H]2OC(CO)[C@@H](O)C(O)C2O)O1. The number of aliphatic hydroxyl groups excluding tert-OH is 4. The smallest absolute Gasteiger partial charge is 0.186 e. The Bertz CT molecular complexity index is 321. The first kappa shape index (κ1) is 16.1. The molecule has 0 aliphatic carbocycles. The maximum Gasteiger partial charge on any atom is 0.186 e. The molecule has 4 N–H and O–H groups in total. The van der Waals surface area contributed by atoms with Crippen molar-refractivity contribution in [3.05, 3.63) is 0 Å². The van der Waals surface area contributed by atoms with Gasteiger partial charge in [0, 0.05) is 0 Å². The monoisotopic (exact) mass is 294 g/mol. The molecule has 0 bridgehead atoms. The predicted molar refractivity (Wildman–Crippen MR) is 64.6 cm³/mol. The highest BCUT2D eigenvalue weighted by Crippen LogP contribution is 2.25. The first-order chi connectivity index (χ1) is 9.34. The molecule has 2 heterocycles. The van der Waals surface area contributed by atoms with Crippen molar-refractivity contribution < 1.29 is 39.4 Å². The summed E-state index contributed by atoms with van der Waals surface area (Å²) in [6.45, 7) is 3.53. The average Bonchev–Trinajstić information content (AvgIpc) is 2.75. The topological polar surface area (TPSA) is 118 Å². The van der Waals surface area contributed by atoms with E-state index in [1.54, 1.807) is 13.8 Å². The molecule has 118 valence electrons. The molecule has 2 fully saturated rings. The van der Waals surface area contributed by atoms with Gasteiger partial charge in [-0.25, -0.2) is 0 Å². The van der Waals surface area contributed by atoms with Crippen LogP contribution in [-0.2, 0) is 18.9 Å². The molecule has 2 aliphatic heterocycles. The van der Waals surface area contributed by atoms with E-state index in [0.717, 1.165) is 0 Å². The van der Waals surface area contributed by atoms with E-state index in [1.165, 1.54) is 0 Å². The standard InChI is InChI=1S/C12H22O8/c1-12(2)18-5-6(20-12)4-17-11-10(16)9(15)8(14)7(3-13)19-11/h6-11,13-16H,3-5H2,1-2H3/t6?,7?,8-,9?,10?,11-/m1/s1. The zero-order valence-corrected chi connectivity index (χ0v) is 11.5. The molecular weight excluding hydrogens is 272 g/mol. The van der Waals surface area contributed by atoms with Crippen LogP contribution >= 0.6 is 0 Å². The summed E-state index contributed by atoms with van der Waals surface area (Å²) in [6.07, 6.45) is -6.66. The number of aliphatic hydroxyl groups is 4. The van der Waals surface area contributed by atoms with Crippen molar-refractivity contribution in [1.29, 1.82) is 0 Å². The van der Waals surface area contributed by atoms with E-state index in [0.29, 0.717) is 6.61 Å². The average molecular weight is 294 g/mol. The summed E-state index contributed by atoms with van der Waals surface area (Å²) >= 11 is 0. The molecule has 20 heavy (non-hydrogen) atoms. The van der Waals surface area contributed by atoms with E-state index in [4.69, 9.17) is 24.1 Å². The van der Waals surface area contributed by atoms with Crippen LogP contribution in [0.2, 0.25) is 0 Å². The number of rotatable bonds is 4. The van der Waals surface area contributed by atoms with E-state index < -0.39 is 43.1 Å². The second-order valence-electron chi connectivity index (χ2n) is 5.48. The molecule has 0 radical (unpaired) electrons. The van der Waals surface area contributed by atoms with E-state index in [2.05, 4.69) is 0 Å². The fourth-order valence-electron chi connectivity index (χ4n) is 2.25. The Morgan fingerprint density at radius 2 is 1.85 bits per heavy atom. The Morgan fingerprint density at radius 3 is 2.40 bits per heavy atom. The van der Waals surface area contributed by atoms with Crippen molar-refractivity contribution in [2.75, 3.05) is 19.8 Å². The zero-order valence-electron chi connectivity index (χ0n) is 11.5. The Balaban J connectivity index is 1.86. The summed E-state index contributed by atoms with van der Waals surface area (Å²) in [7, 11) is 0. The minimum absolute atomic E-state index is 0.103. The summed E-state index contributed by atoms with van der Waals surface area (Å²) in [5, 5.41) is 38.1. The summed E-state index contributed by atoms with van der Waals surface area (Å²) < 4.78 is 21.5. The highest BCUT2D eigenvalue weighted by Gasteiger charge is 2.44. The number of ether oxygens (including phenoxy) is 4. The molecule has 0 aromatic rings. The normalized spacial score (nSPS) is 44.7. The first-order valence-electron chi connectivity index (χ1n) is 6.58. The van der Waals surface area contributed by atoms with Gasteiger partial charge in [-0.3, -0.25) is 0 Å². The molecule has 0 spiro atoms. The van der Waals surface area contributed by atoms with E-state index in [1.807, 2.05) is 0 Å². The fourth-order valence-corrected chi connectivity index (χ4v) is 2.25. The van der Waals surface area contributed by atoms with Gasteiger partial charge in [0.1, 0.15) is 30.5 Å². The van der Waals surface area contributed by atoms with E-state index in [9.17, 15) is 15.3 Å². The van der Waals surface area contributed by atoms with Crippen LogP contribution in [0.5, 0.6) is 0 Å². The molecule has 2 aliphatic rings. The van der Waals surface area contributed by atoms with E-state index >= 15 is 0 Å². The highest BCUT2D eigenvalue weighted by molar-refractivity contribution is 4.89. The van der Waals surface area contributed by atoms with Crippen LogP contribution < -0.4 is 0 Å². The van der Waals surface area contributed by atoms with Crippen molar-refractivity contribution in [1.82, 2.24) is 0 Å². The third-order valence-electron chi connectivity index (χ3n) is 3.36. The largest absolute Gasteiger partial charge is 0.394 e. The Morgan fingerprint density at radius 1 is 1.15 bits per heavy atom. The number of hydrogen-bond acceptors (Lipinski definition) is 8. The van der Waals surface area contributed by atoms with Crippen molar-refractivity contribution in [2.24, 2.45) is 0 Å². The molecule has 2 saturated heterocycles. The van der Waals surface area contributed by atoms with Gasteiger partial charge in [-0.1, -0.05) is 0 Å². The molecule has 8 nitrogen and oxygen atoms in total. The van der Waals surface area contributed by atoms with Gasteiger partial charge in [-0.05, 0) is 13.8 Å². The first-order valence-corrected chi connectivity index (χ1v) is 6.58. The van der Waals surface area contributed by atoms with Crippen LogP contribution in [0.1, 0.15) is 13.8 Å². The van der Waals surface area contributed by atoms with Gasteiger partial charge < -0.3 is 39.4 Å². The Kier molecular flexibility index (Phi) is 4.98. The van der Waals surface area contributed by atoms with Crippen LogP contribution in [0.15, 0.2) is 0 Å². The van der Waals surface area contributed by atoms with Gasteiger partial charge >= 0.3 is 0 Å². The predicted octanol–water partition coefficient (Wildman–Crippen LogP) is -2.05. The molecular formula is C12H22O8. The third-order valence-corrected chi connectivity index (χ3v) is 3.36. The van der Waals surface area contributed by atoms with Gasteiger partial charge in [-0.2, -0.15) is 0 Å². The van der Waals surface area contributed by atoms with Crippen molar-refractivity contribution in [3.63, 3.8) is 0 Å². The minimum atomic E-state index is -1.44. The van der Waals surface area contributed by atoms with Gasteiger partial charge in [0.2, 0.25) is 0 Å². The van der Waals surface area contributed by atoms with Gasteiger partial charge in [-0.15, -0.1) is 0 Å². The van der Waals surface area contributed by atoms with Crippen molar-refractivity contribution in [2.45, 2.75) is 56.4 Å². The molecule has 8 heteroatoms. The molecule has 0 amide bonds. The number of hydrogen-bond donors (Lipinski definition) is 4. The van der Waals surface area contributed by atoms with Crippen LogP contribution in [0, 0.1) is 0 Å². The maximum atomic E-state index is 9.78. The lowest BCUT2D eigenvalue weighted by molar-refractivity contribution is -0.305. The lowest BCUT2D eigenvalue weighted by Crippen LogP contribution is -2.59. The van der Waals surface area contributed by atoms with Gasteiger partial charge in [0.25, 0.3) is 0 Å². The lowest BCUT2D eigenvalue weighted by atomic mass is 9.99. The van der Waals surface area contributed by atoms with Gasteiger partial charge in [0.15, 0.2) is 12.1 Å². The van der Waals surface area contributed by atoms with Crippen molar-refractivity contribution in [3.8, 4) is 0 Å². The summed E-state index contributed by atoms with van der Waals surface area (Å²) in [6, 6.07) is 0. The lowest BCUT2D eigenvalue weighted by Gasteiger charge is -2.39. The second-order valence-corrected chi connectivity index (χ2v) is 5.48. The zero-order chi connectivity index (χ0) is 14.9. The van der Waals surface area contributed by atoms with Crippen LogP contribution in [0.25, 0.3) is 0 Å². The van der Waals surface area contributed by atoms with Crippen LogP contribution in [0.3, 0.4) is 0 Å². The quantitative estimate of drug-likeness (QED) is 0.468. The summed E-state index contributed by atoms with van der Waals surface area (Å²) in [5.74, 6) is -0.677. The molecule has 0 saturated carbocycles. The third kappa shape index (κ3) is 3.46. The Hall–Kier alpha value is -0.320. The molecule has 0 aromatic carbocycles. The fraction of sp³-hybridized carbons (Fsp3) is 1.00. The molecule has 4 unspecified atom stereocenters. The molecule has 2 rings (SSSR count). The molecule has 0 aromatic heterocycles. The minimum Gasteiger partial charge on any atom is -0.394 e. The summed E-state index contributed by atoms with van der Waals surface area (Å²) in [4.78, 5) is 0.